The van der Waals surface area contributed by atoms with Gasteiger partial charge in [0.1, 0.15) is 0 Å². The maximum atomic E-state index is 11.4. The SMILES string of the molecule is NC(=O)CONC(=O)CCc1nc2ccccc2s1. The monoisotopic (exact) mass is 279 g/mol. The Morgan fingerprint density at radius 2 is 2.16 bits per heavy atom. The standard InChI is InChI=1S/C12H13N3O3S/c13-10(16)7-18-15-11(17)5-6-12-14-8-3-1-2-4-9(8)19-12/h1-4H,5-7H2,(H2,13,16)(H,15,17). The summed E-state index contributed by atoms with van der Waals surface area (Å²) < 4.78 is 1.10. The van der Waals surface area contributed by atoms with Crippen LogP contribution in [0.25, 0.3) is 10.2 Å². The maximum absolute atomic E-state index is 11.4. The predicted molar refractivity (Wildman–Crippen MR) is 71.2 cm³/mol. The summed E-state index contributed by atoms with van der Waals surface area (Å²) in [5, 5.41) is 0.895. The lowest BCUT2D eigenvalue weighted by Gasteiger charge is -2.02. The summed E-state index contributed by atoms with van der Waals surface area (Å²) in [6.45, 7) is -0.327. The van der Waals surface area contributed by atoms with Crippen molar-refractivity contribution in [2.45, 2.75) is 12.8 Å². The molecule has 0 bridgehead atoms. The van der Waals surface area contributed by atoms with Gasteiger partial charge in [-0.05, 0) is 12.1 Å². The quantitative estimate of drug-likeness (QED) is 0.763. The molecule has 0 unspecified atom stereocenters. The lowest BCUT2D eigenvalue weighted by Crippen LogP contribution is -2.29. The molecule has 1 heterocycles. The van der Waals surface area contributed by atoms with Gasteiger partial charge in [0.05, 0.1) is 15.2 Å². The number of nitrogens with two attached hydrogens (primary N) is 1. The van der Waals surface area contributed by atoms with Gasteiger partial charge in [0, 0.05) is 12.8 Å². The topological polar surface area (TPSA) is 94.3 Å². The molecule has 2 amide bonds. The van der Waals surface area contributed by atoms with E-state index in [1.807, 2.05) is 24.3 Å². The summed E-state index contributed by atoms with van der Waals surface area (Å²) in [6, 6.07) is 7.81. The highest BCUT2D eigenvalue weighted by molar-refractivity contribution is 7.18. The third-order valence-corrected chi connectivity index (χ3v) is 3.40. The lowest BCUT2D eigenvalue weighted by atomic mass is 10.3. The highest BCUT2D eigenvalue weighted by Gasteiger charge is 2.07. The Bertz CT molecular complexity index is 564. The van der Waals surface area contributed by atoms with E-state index in [9.17, 15) is 9.59 Å². The van der Waals surface area contributed by atoms with Crippen LogP contribution in [0.5, 0.6) is 0 Å². The first-order valence-corrected chi connectivity index (χ1v) is 6.50. The van der Waals surface area contributed by atoms with Crippen LogP contribution in [0, 0.1) is 0 Å². The Hall–Kier alpha value is -1.99. The number of primary amides is 1. The minimum absolute atomic E-state index is 0.249. The molecular formula is C12H13N3O3S. The van der Waals surface area contributed by atoms with E-state index >= 15 is 0 Å². The number of thiazole rings is 1. The second-order valence-electron chi connectivity index (χ2n) is 3.86. The summed E-state index contributed by atoms with van der Waals surface area (Å²) in [5.74, 6) is -0.938. The molecule has 2 rings (SSSR count). The zero-order valence-electron chi connectivity index (χ0n) is 10.1. The molecule has 0 radical (unpaired) electrons. The largest absolute Gasteiger partial charge is 0.368 e. The Labute approximate surface area is 113 Å². The van der Waals surface area contributed by atoms with Gasteiger partial charge in [-0.15, -0.1) is 11.3 Å². The van der Waals surface area contributed by atoms with Crippen LogP contribution in [0.15, 0.2) is 24.3 Å². The van der Waals surface area contributed by atoms with Crippen LogP contribution in [0.2, 0.25) is 0 Å². The number of fused-ring (bicyclic) bond motifs is 1. The smallest absolute Gasteiger partial charge is 0.246 e. The summed E-state index contributed by atoms with van der Waals surface area (Å²) in [4.78, 5) is 30.8. The van der Waals surface area contributed by atoms with E-state index in [0.29, 0.717) is 6.42 Å². The molecule has 19 heavy (non-hydrogen) atoms. The molecule has 1 aromatic heterocycles. The number of aromatic nitrogens is 1. The van der Waals surface area contributed by atoms with Gasteiger partial charge in [0.15, 0.2) is 6.61 Å². The first-order chi connectivity index (χ1) is 9.15. The number of nitrogens with zero attached hydrogens (tertiary/aromatic N) is 1. The summed E-state index contributed by atoms with van der Waals surface area (Å²) in [6.07, 6.45) is 0.781. The summed E-state index contributed by atoms with van der Waals surface area (Å²) in [5.41, 5.74) is 7.96. The van der Waals surface area contributed by atoms with Crippen molar-refractivity contribution >= 4 is 33.4 Å². The Morgan fingerprint density at radius 1 is 1.37 bits per heavy atom. The number of aryl methyl sites for hydroxylation is 1. The number of carbonyl (C=O) groups excluding carboxylic acids is 2. The normalized spacial score (nSPS) is 10.5. The fourth-order valence-electron chi connectivity index (χ4n) is 1.49. The van der Waals surface area contributed by atoms with Crippen molar-refractivity contribution in [3.8, 4) is 0 Å². The van der Waals surface area contributed by atoms with Crippen molar-refractivity contribution in [1.29, 1.82) is 0 Å². The molecular weight excluding hydrogens is 266 g/mol. The molecule has 0 saturated heterocycles. The maximum Gasteiger partial charge on any atom is 0.246 e. The molecule has 0 aliphatic carbocycles. The van der Waals surface area contributed by atoms with Gasteiger partial charge in [-0.3, -0.25) is 14.4 Å². The molecule has 100 valence electrons. The second kappa shape index (κ2) is 6.26. The molecule has 0 aliphatic rings. The van der Waals surface area contributed by atoms with Gasteiger partial charge in [-0.25, -0.2) is 10.5 Å². The lowest BCUT2D eigenvalue weighted by molar-refractivity contribution is -0.137. The van der Waals surface area contributed by atoms with Gasteiger partial charge in [0.25, 0.3) is 0 Å². The van der Waals surface area contributed by atoms with Gasteiger partial charge in [-0.1, -0.05) is 12.1 Å². The second-order valence-corrected chi connectivity index (χ2v) is 4.97. The number of rotatable bonds is 6. The van der Waals surface area contributed by atoms with E-state index in [4.69, 9.17) is 5.73 Å². The van der Waals surface area contributed by atoms with E-state index in [0.717, 1.165) is 15.2 Å². The van der Waals surface area contributed by atoms with Crippen LogP contribution in [0.3, 0.4) is 0 Å². The van der Waals surface area contributed by atoms with E-state index in [2.05, 4.69) is 15.3 Å². The van der Waals surface area contributed by atoms with Crippen LogP contribution < -0.4 is 11.2 Å². The summed E-state index contributed by atoms with van der Waals surface area (Å²) >= 11 is 1.56. The average Bonchev–Trinajstić information content (AvgIpc) is 2.78. The third-order valence-electron chi connectivity index (χ3n) is 2.30. The van der Waals surface area contributed by atoms with Crippen molar-refractivity contribution in [2.75, 3.05) is 6.61 Å². The van der Waals surface area contributed by atoms with Crippen molar-refractivity contribution in [3.63, 3.8) is 0 Å². The number of hydroxylamine groups is 1. The average molecular weight is 279 g/mol. The molecule has 0 saturated carbocycles. The highest BCUT2D eigenvalue weighted by Crippen LogP contribution is 2.22. The molecule has 7 heteroatoms. The Morgan fingerprint density at radius 3 is 2.89 bits per heavy atom. The highest BCUT2D eigenvalue weighted by atomic mass is 32.1. The van der Waals surface area contributed by atoms with E-state index in [1.165, 1.54) is 0 Å². The van der Waals surface area contributed by atoms with Crippen LogP contribution in [-0.2, 0) is 20.8 Å². The minimum atomic E-state index is -0.633. The van der Waals surface area contributed by atoms with Gasteiger partial charge in [-0.2, -0.15) is 0 Å². The number of hydrogen-bond acceptors (Lipinski definition) is 5. The van der Waals surface area contributed by atoms with Crippen molar-refractivity contribution in [1.82, 2.24) is 10.5 Å². The zero-order chi connectivity index (χ0) is 13.7. The predicted octanol–water partition coefficient (Wildman–Crippen LogP) is 0.762. The Kier molecular flexibility index (Phi) is 4.43. The van der Waals surface area contributed by atoms with Crippen LogP contribution in [0.1, 0.15) is 11.4 Å². The van der Waals surface area contributed by atoms with Crippen molar-refractivity contribution in [3.05, 3.63) is 29.3 Å². The van der Waals surface area contributed by atoms with Crippen LogP contribution in [0.4, 0.5) is 0 Å². The fourth-order valence-corrected chi connectivity index (χ4v) is 2.45. The van der Waals surface area contributed by atoms with Gasteiger partial charge >= 0.3 is 0 Å². The molecule has 2 aromatic rings. The number of hydrogen-bond donors (Lipinski definition) is 2. The first-order valence-electron chi connectivity index (χ1n) is 5.68. The summed E-state index contributed by atoms with van der Waals surface area (Å²) in [7, 11) is 0. The van der Waals surface area contributed by atoms with E-state index in [-0.39, 0.29) is 18.9 Å². The molecule has 3 N–H and O–H groups in total. The molecule has 6 nitrogen and oxygen atoms in total. The van der Waals surface area contributed by atoms with Crippen molar-refractivity contribution in [2.24, 2.45) is 5.73 Å². The molecule has 0 spiro atoms. The first kappa shape index (κ1) is 13.4. The number of amides is 2. The minimum Gasteiger partial charge on any atom is -0.368 e. The Balaban J connectivity index is 1.81. The van der Waals surface area contributed by atoms with E-state index in [1.54, 1.807) is 11.3 Å². The van der Waals surface area contributed by atoms with E-state index < -0.39 is 5.91 Å². The number of carbonyl (C=O) groups is 2. The molecule has 0 aliphatic heterocycles. The molecule has 0 atom stereocenters. The molecule has 1 aromatic carbocycles. The third kappa shape index (κ3) is 4.01. The fraction of sp³-hybridized carbons (Fsp3) is 0.250. The zero-order valence-corrected chi connectivity index (χ0v) is 10.9. The number of benzene rings is 1. The van der Waals surface area contributed by atoms with Gasteiger partial charge in [0.2, 0.25) is 11.8 Å². The number of para-hydroxylation sites is 1. The molecule has 0 fully saturated rings. The van der Waals surface area contributed by atoms with Crippen molar-refractivity contribution < 1.29 is 14.4 Å². The number of nitrogens with one attached hydrogen (secondary N) is 1. The van der Waals surface area contributed by atoms with Crippen LogP contribution >= 0.6 is 11.3 Å². The van der Waals surface area contributed by atoms with Gasteiger partial charge < -0.3 is 5.73 Å². The van der Waals surface area contributed by atoms with Crippen LogP contribution in [-0.4, -0.2) is 23.4 Å².